The third-order valence-corrected chi connectivity index (χ3v) is 7.67. The van der Waals surface area contributed by atoms with E-state index in [4.69, 9.17) is 0 Å². The van der Waals surface area contributed by atoms with Crippen molar-refractivity contribution in [1.29, 1.82) is 0 Å². The number of hydrogen-bond acceptors (Lipinski definition) is 6. The van der Waals surface area contributed by atoms with Crippen LogP contribution in [0.1, 0.15) is 24.8 Å². The zero-order chi connectivity index (χ0) is 23.0. The van der Waals surface area contributed by atoms with E-state index in [0.717, 1.165) is 34.9 Å². The molecule has 1 N–H and O–H groups in total. The molecule has 2 amide bonds. The molecule has 1 fully saturated rings. The number of aromatic nitrogens is 1. The van der Waals surface area contributed by atoms with E-state index >= 15 is 0 Å². The number of sulfonamides is 1. The van der Waals surface area contributed by atoms with Gasteiger partial charge >= 0.3 is 0 Å². The summed E-state index contributed by atoms with van der Waals surface area (Å²) in [5.41, 5.74) is 2.17. The molecule has 0 aliphatic carbocycles. The second kappa shape index (κ2) is 8.51. The zero-order valence-electron chi connectivity index (χ0n) is 18.4. The second-order valence-electron chi connectivity index (χ2n) is 8.34. The van der Waals surface area contributed by atoms with Crippen molar-refractivity contribution in [2.45, 2.75) is 37.1 Å². The summed E-state index contributed by atoms with van der Waals surface area (Å²) in [7, 11) is -0.778. The normalized spacial score (nSPS) is 18.4. The molecule has 1 aromatic heterocycles. The highest BCUT2D eigenvalue weighted by Gasteiger charge is 2.40. The lowest BCUT2D eigenvalue weighted by Crippen LogP contribution is -2.56. The summed E-state index contributed by atoms with van der Waals surface area (Å²) in [4.78, 5) is 33.9. The summed E-state index contributed by atoms with van der Waals surface area (Å²) in [5, 5.41) is 2.72. The molecule has 0 unspecified atom stereocenters. The molecule has 2 aliphatic heterocycles. The summed E-state index contributed by atoms with van der Waals surface area (Å²) >= 11 is 0. The van der Waals surface area contributed by atoms with Gasteiger partial charge in [-0.3, -0.25) is 14.5 Å². The van der Waals surface area contributed by atoms with Crippen LogP contribution in [0.3, 0.4) is 0 Å². The number of nitrogens with zero attached hydrogens (tertiary/aromatic N) is 4. The first-order chi connectivity index (χ1) is 15.2. The first kappa shape index (κ1) is 22.2. The van der Waals surface area contributed by atoms with Gasteiger partial charge in [-0.1, -0.05) is 6.07 Å². The molecule has 0 spiro atoms. The van der Waals surface area contributed by atoms with Gasteiger partial charge in [0.25, 0.3) is 0 Å². The van der Waals surface area contributed by atoms with Crippen LogP contribution >= 0.6 is 0 Å². The van der Waals surface area contributed by atoms with Crippen LogP contribution in [-0.4, -0.2) is 62.7 Å². The van der Waals surface area contributed by atoms with Gasteiger partial charge in [-0.05, 0) is 56.0 Å². The molecule has 10 heteroatoms. The Hall–Kier alpha value is -2.98. The number of carbonyl (C=O) groups excluding carboxylic acids is 2. The van der Waals surface area contributed by atoms with Crippen LogP contribution in [0.4, 0.5) is 17.2 Å². The van der Waals surface area contributed by atoms with Gasteiger partial charge in [0.15, 0.2) is 0 Å². The lowest BCUT2D eigenvalue weighted by Gasteiger charge is -2.45. The minimum absolute atomic E-state index is 0.0788. The average Bonchev–Trinajstić information content (AvgIpc) is 2.77. The molecule has 0 bridgehead atoms. The van der Waals surface area contributed by atoms with Gasteiger partial charge in [0.05, 0.1) is 16.3 Å². The number of hydrogen-bond donors (Lipinski definition) is 1. The fourth-order valence-electron chi connectivity index (χ4n) is 4.14. The monoisotopic (exact) mass is 457 g/mol. The number of fused-ring (bicyclic) bond motifs is 3. The van der Waals surface area contributed by atoms with E-state index in [0.29, 0.717) is 17.9 Å². The largest absolute Gasteiger partial charge is 0.358 e. The van der Waals surface area contributed by atoms with Gasteiger partial charge in [0.1, 0.15) is 18.4 Å². The van der Waals surface area contributed by atoms with Crippen molar-refractivity contribution in [3.63, 3.8) is 0 Å². The topological polar surface area (TPSA) is 103 Å². The molecule has 1 aromatic carbocycles. The van der Waals surface area contributed by atoms with Crippen molar-refractivity contribution in [1.82, 2.24) is 9.29 Å². The van der Waals surface area contributed by atoms with Gasteiger partial charge in [-0.15, -0.1) is 0 Å². The van der Waals surface area contributed by atoms with Crippen LogP contribution in [-0.2, 0) is 19.6 Å². The van der Waals surface area contributed by atoms with E-state index in [2.05, 4.69) is 10.3 Å². The summed E-state index contributed by atoms with van der Waals surface area (Å²) in [6, 6.07) is 7.97. The molecule has 1 atom stereocenters. The quantitative estimate of drug-likeness (QED) is 0.737. The van der Waals surface area contributed by atoms with Crippen LogP contribution in [0.25, 0.3) is 0 Å². The average molecular weight is 458 g/mol. The van der Waals surface area contributed by atoms with Crippen molar-refractivity contribution in [2.75, 3.05) is 42.3 Å². The van der Waals surface area contributed by atoms with E-state index in [9.17, 15) is 18.0 Å². The van der Waals surface area contributed by atoms with Crippen molar-refractivity contribution < 1.29 is 18.0 Å². The van der Waals surface area contributed by atoms with Crippen molar-refractivity contribution in [3.8, 4) is 0 Å². The van der Waals surface area contributed by atoms with Gasteiger partial charge in [0, 0.05) is 26.8 Å². The molecule has 0 radical (unpaired) electrons. The number of piperidine rings is 1. The highest BCUT2D eigenvalue weighted by molar-refractivity contribution is 7.89. The number of amides is 2. The summed E-state index contributed by atoms with van der Waals surface area (Å²) in [5.74, 6) is -0.192. The highest BCUT2D eigenvalue weighted by atomic mass is 32.2. The van der Waals surface area contributed by atoms with E-state index in [1.165, 1.54) is 25.1 Å². The molecule has 170 valence electrons. The minimum Gasteiger partial charge on any atom is -0.358 e. The number of aryl methyl sites for hydroxylation is 1. The van der Waals surface area contributed by atoms with Gasteiger partial charge < -0.3 is 10.2 Å². The zero-order valence-corrected chi connectivity index (χ0v) is 19.2. The molecule has 4 rings (SSSR count). The fourth-order valence-corrected chi connectivity index (χ4v) is 5.06. The predicted molar refractivity (Wildman–Crippen MR) is 122 cm³/mol. The molecule has 2 aromatic rings. The number of nitrogens with one attached hydrogen (secondary N) is 1. The van der Waals surface area contributed by atoms with Crippen LogP contribution in [0.2, 0.25) is 0 Å². The summed E-state index contributed by atoms with van der Waals surface area (Å²) in [6.45, 7) is 2.39. The molecule has 2 aliphatic rings. The van der Waals surface area contributed by atoms with Crippen molar-refractivity contribution >= 4 is 39.0 Å². The fraction of sp³-hybridized carbons (Fsp3) is 0.409. The van der Waals surface area contributed by atoms with Gasteiger partial charge in [-0.25, -0.2) is 17.7 Å². The molecule has 9 nitrogen and oxygen atoms in total. The number of anilines is 3. The maximum atomic E-state index is 13.4. The Kier molecular flexibility index (Phi) is 5.91. The molecular weight excluding hydrogens is 430 g/mol. The van der Waals surface area contributed by atoms with E-state index in [1.807, 2.05) is 17.9 Å². The van der Waals surface area contributed by atoms with Crippen LogP contribution in [0, 0.1) is 6.92 Å². The van der Waals surface area contributed by atoms with Crippen molar-refractivity contribution in [3.05, 3.63) is 42.1 Å². The van der Waals surface area contributed by atoms with E-state index in [1.54, 1.807) is 24.4 Å². The Labute approximate surface area is 188 Å². The van der Waals surface area contributed by atoms with Gasteiger partial charge in [-0.2, -0.15) is 0 Å². The van der Waals surface area contributed by atoms with E-state index < -0.39 is 15.9 Å². The molecular formula is C22H27N5O4S. The SMILES string of the molecule is Cc1ccc(NC(=O)CN2C(=O)[C@H]3CCCCN3c3ccc(S(=O)(=O)N(C)C)cc32)nc1. The molecule has 1 saturated heterocycles. The van der Waals surface area contributed by atoms with Crippen LogP contribution < -0.4 is 15.1 Å². The second-order valence-corrected chi connectivity index (χ2v) is 10.5. The number of rotatable bonds is 5. The number of carbonyl (C=O) groups is 2. The third kappa shape index (κ3) is 4.07. The Morgan fingerprint density at radius 1 is 1.19 bits per heavy atom. The lowest BCUT2D eigenvalue weighted by molar-refractivity contribution is -0.123. The Balaban J connectivity index is 1.70. The van der Waals surface area contributed by atoms with Gasteiger partial charge in [0.2, 0.25) is 21.8 Å². The summed E-state index contributed by atoms with van der Waals surface area (Å²) in [6.07, 6.45) is 4.24. The predicted octanol–water partition coefficient (Wildman–Crippen LogP) is 1.98. The molecule has 3 heterocycles. The minimum atomic E-state index is -3.70. The highest BCUT2D eigenvalue weighted by Crippen LogP contribution is 2.40. The Morgan fingerprint density at radius 2 is 1.97 bits per heavy atom. The standard InChI is InChI=1S/C22H27N5O4S/c1-15-7-10-20(23-13-15)24-21(28)14-27-19-12-16(32(30,31)25(2)3)8-9-17(19)26-11-5-4-6-18(26)22(27)29/h7-10,12-13,18H,4-6,11,14H2,1-3H3,(H,23,24,28)/t18-/m1/s1. The maximum Gasteiger partial charge on any atom is 0.250 e. The Morgan fingerprint density at radius 3 is 2.66 bits per heavy atom. The smallest absolute Gasteiger partial charge is 0.250 e. The number of benzene rings is 1. The maximum absolute atomic E-state index is 13.4. The first-order valence-corrected chi connectivity index (χ1v) is 12.0. The summed E-state index contributed by atoms with van der Waals surface area (Å²) < 4.78 is 26.5. The lowest BCUT2D eigenvalue weighted by atomic mass is 9.96. The molecule has 32 heavy (non-hydrogen) atoms. The molecule has 0 saturated carbocycles. The van der Waals surface area contributed by atoms with Crippen LogP contribution in [0.5, 0.6) is 0 Å². The Bertz CT molecular complexity index is 1150. The van der Waals surface area contributed by atoms with Crippen LogP contribution in [0.15, 0.2) is 41.4 Å². The third-order valence-electron chi connectivity index (χ3n) is 5.86. The number of pyridine rings is 1. The van der Waals surface area contributed by atoms with Crippen molar-refractivity contribution in [2.24, 2.45) is 0 Å². The van der Waals surface area contributed by atoms with E-state index in [-0.39, 0.29) is 23.4 Å². The first-order valence-electron chi connectivity index (χ1n) is 10.6.